The van der Waals surface area contributed by atoms with Crippen LogP contribution in [0.2, 0.25) is 0 Å². The second-order valence-corrected chi connectivity index (χ2v) is 2.30. The summed E-state index contributed by atoms with van der Waals surface area (Å²) in [5.74, 6) is -1.04. The number of carboxylic acid groups (broad SMARTS) is 1. The van der Waals surface area contributed by atoms with E-state index in [0.29, 0.717) is 0 Å². The lowest BCUT2D eigenvalue weighted by Crippen LogP contribution is -2.03. The number of aromatic nitrogens is 2. The first-order valence-electron chi connectivity index (χ1n) is 3.15. The van der Waals surface area contributed by atoms with Gasteiger partial charge in [-0.15, -0.1) is 5.10 Å². The average molecular weight is 152 g/mol. The zero-order valence-electron chi connectivity index (χ0n) is 6.33. The average Bonchev–Trinajstić information content (AvgIpc) is 1.94. The van der Waals surface area contributed by atoms with Crippen molar-refractivity contribution in [2.45, 2.75) is 13.8 Å². The molecule has 0 aliphatic carbocycles. The topological polar surface area (TPSA) is 63.1 Å². The van der Waals surface area contributed by atoms with Gasteiger partial charge in [0.15, 0.2) is 5.69 Å². The van der Waals surface area contributed by atoms with Gasteiger partial charge >= 0.3 is 5.97 Å². The molecule has 0 unspecified atom stereocenters. The summed E-state index contributed by atoms with van der Waals surface area (Å²) in [4.78, 5) is 10.4. The first kappa shape index (κ1) is 7.65. The summed E-state index contributed by atoms with van der Waals surface area (Å²) in [7, 11) is 0. The molecule has 0 aromatic carbocycles. The Morgan fingerprint density at radius 3 is 2.55 bits per heavy atom. The van der Waals surface area contributed by atoms with Crippen molar-refractivity contribution in [3.05, 3.63) is 23.0 Å². The molecule has 58 valence electrons. The molecule has 0 saturated carbocycles. The predicted molar refractivity (Wildman–Crippen MR) is 38.5 cm³/mol. The van der Waals surface area contributed by atoms with Crippen LogP contribution in [0.25, 0.3) is 0 Å². The van der Waals surface area contributed by atoms with Gasteiger partial charge < -0.3 is 5.11 Å². The second-order valence-electron chi connectivity index (χ2n) is 2.30. The van der Waals surface area contributed by atoms with Gasteiger partial charge in [-0.2, -0.15) is 5.10 Å². The van der Waals surface area contributed by atoms with Crippen LogP contribution in [0.4, 0.5) is 0 Å². The number of hydrogen-bond donors (Lipinski definition) is 1. The molecular weight excluding hydrogens is 144 g/mol. The summed E-state index contributed by atoms with van der Waals surface area (Å²) in [5, 5.41) is 15.7. The van der Waals surface area contributed by atoms with Crippen molar-refractivity contribution >= 4 is 5.97 Å². The van der Waals surface area contributed by atoms with E-state index in [2.05, 4.69) is 10.2 Å². The van der Waals surface area contributed by atoms with Crippen molar-refractivity contribution in [3.63, 3.8) is 0 Å². The van der Waals surface area contributed by atoms with E-state index in [9.17, 15) is 4.79 Å². The molecule has 0 amide bonds. The van der Waals surface area contributed by atoms with E-state index in [4.69, 9.17) is 5.11 Å². The SMILES string of the molecule is Cc1cc(C(=O)O)nnc1C. The van der Waals surface area contributed by atoms with Gasteiger partial charge in [0.2, 0.25) is 0 Å². The van der Waals surface area contributed by atoms with E-state index in [1.54, 1.807) is 13.8 Å². The molecule has 1 N–H and O–H groups in total. The Labute approximate surface area is 63.9 Å². The highest BCUT2D eigenvalue weighted by molar-refractivity contribution is 5.85. The summed E-state index contributed by atoms with van der Waals surface area (Å²) in [6, 6.07) is 1.50. The van der Waals surface area contributed by atoms with Gasteiger partial charge in [-0.3, -0.25) is 0 Å². The molecule has 1 aromatic rings. The first-order valence-corrected chi connectivity index (χ1v) is 3.15. The Bertz CT molecular complexity index is 296. The highest BCUT2D eigenvalue weighted by Gasteiger charge is 2.05. The Hall–Kier alpha value is -1.45. The van der Waals surface area contributed by atoms with Crippen molar-refractivity contribution in [2.24, 2.45) is 0 Å². The number of nitrogens with zero attached hydrogens (tertiary/aromatic N) is 2. The fraction of sp³-hybridized carbons (Fsp3) is 0.286. The standard InChI is InChI=1S/C7H8N2O2/c1-4-3-6(7(10)11)9-8-5(4)2/h3H,1-2H3,(H,10,11). The van der Waals surface area contributed by atoms with Crippen LogP contribution in [0.3, 0.4) is 0 Å². The minimum atomic E-state index is -1.04. The molecule has 1 rings (SSSR count). The molecule has 0 aliphatic rings. The van der Waals surface area contributed by atoms with Gasteiger partial charge in [0.1, 0.15) is 0 Å². The lowest BCUT2D eigenvalue weighted by atomic mass is 10.2. The van der Waals surface area contributed by atoms with Gasteiger partial charge in [-0.05, 0) is 25.5 Å². The molecule has 0 radical (unpaired) electrons. The van der Waals surface area contributed by atoms with E-state index >= 15 is 0 Å². The Morgan fingerprint density at radius 2 is 2.09 bits per heavy atom. The van der Waals surface area contributed by atoms with Crippen molar-refractivity contribution in [2.75, 3.05) is 0 Å². The number of carboxylic acids is 1. The molecule has 4 nitrogen and oxygen atoms in total. The molecule has 11 heavy (non-hydrogen) atoms. The maximum atomic E-state index is 10.4. The molecule has 0 spiro atoms. The van der Waals surface area contributed by atoms with Crippen LogP contribution in [-0.4, -0.2) is 21.3 Å². The highest BCUT2D eigenvalue weighted by atomic mass is 16.4. The zero-order valence-corrected chi connectivity index (χ0v) is 6.33. The maximum Gasteiger partial charge on any atom is 0.356 e. The minimum absolute atomic E-state index is 0.00639. The molecule has 0 fully saturated rings. The third kappa shape index (κ3) is 1.52. The summed E-state index contributed by atoms with van der Waals surface area (Å²) >= 11 is 0. The first-order chi connectivity index (χ1) is 5.11. The summed E-state index contributed by atoms with van der Waals surface area (Å²) in [5.41, 5.74) is 1.60. The number of hydrogen-bond acceptors (Lipinski definition) is 3. The van der Waals surface area contributed by atoms with Gasteiger partial charge in [0, 0.05) is 0 Å². The fourth-order valence-electron chi connectivity index (χ4n) is 0.651. The van der Waals surface area contributed by atoms with Crippen molar-refractivity contribution in [1.29, 1.82) is 0 Å². The van der Waals surface area contributed by atoms with Gasteiger partial charge in [-0.1, -0.05) is 0 Å². The minimum Gasteiger partial charge on any atom is -0.476 e. The second kappa shape index (κ2) is 2.65. The fourth-order valence-corrected chi connectivity index (χ4v) is 0.651. The lowest BCUT2D eigenvalue weighted by Gasteiger charge is -1.97. The van der Waals surface area contributed by atoms with E-state index in [1.807, 2.05) is 0 Å². The zero-order chi connectivity index (χ0) is 8.43. The van der Waals surface area contributed by atoms with Gasteiger partial charge in [0.25, 0.3) is 0 Å². The number of carbonyl (C=O) groups is 1. The van der Waals surface area contributed by atoms with E-state index < -0.39 is 5.97 Å². The van der Waals surface area contributed by atoms with Crippen LogP contribution < -0.4 is 0 Å². The normalized spacial score (nSPS) is 9.64. The molecule has 1 heterocycles. The molecule has 0 bridgehead atoms. The van der Waals surface area contributed by atoms with E-state index in [-0.39, 0.29) is 5.69 Å². The van der Waals surface area contributed by atoms with Crippen LogP contribution in [0.15, 0.2) is 6.07 Å². The quantitative estimate of drug-likeness (QED) is 0.646. The largest absolute Gasteiger partial charge is 0.476 e. The lowest BCUT2D eigenvalue weighted by molar-refractivity contribution is 0.0689. The molecule has 0 saturated heterocycles. The third-order valence-corrected chi connectivity index (χ3v) is 1.45. The Kier molecular flexibility index (Phi) is 1.85. The van der Waals surface area contributed by atoms with Crippen molar-refractivity contribution < 1.29 is 9.90 Å². The van der Waals surface area contributed by atoms with Crippen LogP contribution in [0.1, 0.15) is 21.7 Å². The van der Waals surface area contributed by atoms with Crippen LogP contribution in [0, 0.1) is 13.8 Å². The molecule has 0 atom stereocenters. The maximum absolute atomic E-state index is 10.4. The van der Waals surface area contributed by atoms with Crippen LogP contribution in [-0.2, 0) is 0 Å². The van der Waals surface area contributed by atoms with Crippen LogP contribution >= 0.6 is 0 Å². The van der Waals surface area contributed by atoms with Crippen molar-refractivity contribution in [1.82, 2.24) is 10.2 Å². The number of aryl methyl sites for hydroxylation is 2. The number of aromatic carboxylic acids is 1. The van der Waals surface area contributed by atoms with Gasteiger partial charge in [0.05, 0.1) is 5.69 Å². The molecule has 4 heteroatoms. The molecule has 1 aromatic heterocycles. The molecular formula is C7H8N2O2. The summed E-state index contributed by atoms with van der Waals surface area (Å²) < 4.78 is 0. The van der Waals surface area contributed by atoms with Gasteiger partial charge in [-0.25, -0.2) is 4.79 Å². The summed E-state index contributed by atoms with van der Waals surface area (Å²) in [6.07, 6.45) is 0. The Balaban J connectivity index is 3.15. The highest BCUT2D eigenvalue weighted by Crippen LogP contribution is 2.02. The Morgan fingerprint density at radius 1 is 1.45 bits per heavy atom. The third-order valence-electron chi connectivity index (χ3n) is 1.45. The van der Waals surface area contributed by atoms with E-state index in [0.717, 1.165) is 11.3 Å². The van der Waals surface area contributed by atoms with Crippen LogP contribution in [0.5, 0.6) is 0 Å². The smallest absolute Gasteiger partial charge is 0.356 e. The predicted octanol–water partition coefficient (Wildman–Crippen LogP) is 0.792. The number of rotatable bonds is 1. The summed E-state index contributed by atoms with van der Waals surface area (Å²) in [6.45, 7) is 3.59. The van der Waals surface area contributed by atoms with Crippen molar-refractivity contribution in [3.8, 4) is 0 Å². The molecule has 0 aliphatic heterocycles. The monoisotopic (exact) mass is 152 g/mol. The van der Waals surface area contributed by atoms with E-state index in [1.165, 1.54) is 6.07 Å².